The van der Waals surface area contributed by atoms with Gasteiger partial charge in [0, 0.05) is 32.0 Å². The number of likely N-dealkylation sites (tertiary alicyclic amines) is 1. The summed E-state index contributed by atoms with van der Waals surface area (Å²) in [6, 6.07) is -0.121. The molecule has 1 atom stereocenters. The number of urea groups is 1. The van der Waals surface area contributed by atoms with Gasteiger partial charge in [-0.25, -0.2) is 14.5 Å². The molecule has 1 saturated heterocycles. The van der Waals surface area contributed by atoms with Crippen LogP contribution >= 0.6 is 0 Å². The second kappa shape index (κ2) is 8.34. The first-order valence-corrected chi connectivity index (χ1v) is 10.2. The molecule has 4 rings (SSSR count). The van der Waals surface area contributed by atoms with E-state index in [0.29, 0.717) is 63.7 Å². The van der Waals surface area contributed by atoms with Crippen molar-refractivity contribution in [3.8, 4) is 0 Å². The van der Waals surface area contributed by atoms with Crippen LogP contribution in [0.3, 0.4) is 0 Å². The zero-order chi connectivity index (χ0) is 21.1. The quantitative estimate of drug-likeness (QED) is 0.754. The van der Waals surface area contributed by atoms with Crippen LogP contribution in [0.2, 0.25) is 0 Å². The molecule has 1 unspecified atom stereocenters. The number of hydrogen-bond acceptors (Lipinski definition) is 7. The topological polar surface area (TPSA) is 118 Å². The lowest BCUT2D eigenvalue weighted by Gasteiger charge is -2.33. The number of carbonyl (C=O) groups is 2. The summed E-state index contributed by atoms with van der Waals surface area (Å²) >= 11 is 0. The van der Waals surface area contributed by atoms with E-state index in [-0.39, 0.29) is 11.9 Å². The Labute approximate surface area is 174 Å². The van der Waals surface area contributed by atoms with Gasteiger partial charge in [-0.3, -0.25) is 9.78 Å². The number of ether oxygens (including phenoxy) is 1. The molecule has 2 aliphatic rings. The Bertz CT molecular complexity index is 914. The van der Waals surface area contributed by atoms with Crippen molar-refractivity contribution in [2.24, 2.45) is 0 Å². The van der Waals surface area contributed by atoms with Crippen molar-refractivity contribution in [1.82, 2.24) is 40.1 Å². The minimum absolute atomic E-state index is 0.121. The minimum atomic E-state index is -0.486. The number of aromatic nitrogens is 5. The first-order valence-electron chi connectivity index (χ1n) is 10.2. The van der Waals surface area contributed by atoms with E-state index < -0.39 is 5.60 Å². The van der Waals surface area contributed by atoms with Crippen molar-refractivity contribution in [2.75, 3.05) is 26.2 Å². The Kier molecular flexibility index (Phi) is 5.62. The van der Waals surface area contributed by atoms with E-state index in [9.17, 15) is 9.59 Å². The molecule has 30 heavy (non-hydrogen) atoms. The lowest BCUT2D eigenvalue weighted by atomic mass is 10.0. The van der Waals surface area contributed by atoms with E-state index in [1.54, 1.807) is 16.0 Å². The standard InChI is InChI=1S/C19H26N8O3/c1-3-25(4-2)18(29)22-10-14-16-11-30-19(13-27(16)24-23-14)5-8-26(12-19)17(28)15-9-20-6-7-21-15/h6-7,9H,3-5,8,10-13H2,1-2H3,(H,22,29). The number of carbonyl (C=O) groups excluding carboxylic acids is 2. The molecular weight excluding hydrogens is 388 g/mol. The van der Waals surface area contributed by atoms with Crippen molar-refractivity contribution < 1.29 is 14.3 Å². The fourth-order valence-electron chi connectivity index (χ4n) is 3.95. The van der Waals surface area contributed by atoms with E-state index in [0.717, 1.165) is 5.69 Å². The largest absolute Gasteiger partial charge is 0.365 e. The molecule has 11 nitrogen and oxygen atoms in total. The molecule has 1 N–H and O–H groups in total. The highest BCUT2D eigenvalue weighted by molar-refractivity contribution is 5.92. The van der Waals surface area contributed by atoms with E-state index in [1.807, 2.05) is 18.5 Å². The monoisotopic (exact) mass is 414 g/mol. The molecule has 1 spiro atoms. The van der Waals surface area contributed by atoms with Crippen molar-refractivity contribution in [2.45, 2.75) is 45.6 Å². The van der Waals surface area contributed by atoms with Gasteiger partial charge >= 0.3 is 6.03 Å². The predicted molar refractivity (Wildman–Crippen MR) is 105 cm³/mol. The first-order chi connectivity index (χ1) is 14.5. The highest BCUT2D eigenvalue weighted by atomic mass is 16.5. The fourth-order valence-corrected chi connectivity index (χ4v) is 3.95. The van der Waals surface area contributed by atoms with Crippen LogP contribution in [0.5, 0.6) is 0 Å². The van der Waals surface area contributed by atoms with Gasteiger partial charge in [0.1, 0.15) is 17.0 Å². The predicted octanol–water partition coefficient (Wildman–Crippen LogP) is 0.435. The smallest absolute Gasteiger partial charge is 0.317 e. The van der Waals surface area contributed by atoms with E-state index in [4.69, 9.17) is 4.74 Å². The number of hydrogen-bond donors (Lipinski definition) is 1. The van der Waals surface area contributed by atoms with Crippen LogP contribution < -0.4 is 5.32 Å². The van der Waals surface area contributed by atoms with Crippen LogP contribution in [0, 0.1) is 0 Å². The van der Waals surface area contributed by atoms with Gasteiger partial charge in [0.2, 0.25) is 0 Å². The Morgan fingerprint density at radius 3 is 2.83 bits per heavy atom. The Balaban J connectivity index is 1.39. The number of nitrogens with one attached hydrogen (secondary N) is 1. The first kappa shape index (κ1) is 20.2. The molecule has 2 aromatic heterocycles. The normalized spacial score (nSPS) is 20.3. The van der Waals surface area contributed by atoms with Crippen LogP contribution in [0.15, 0.2) is 18.6 Å². The SMILES string of the molecule is CCN(CC)C(=O)NCc1nnn2c1COC1(CCN(C(=O)c3cnccn3)C1)C2. The average Bonchev–Trinajstić information content (AvgIpc) is 3.37. The summed E-state index contributed by atoms with van der Waals surface area (Å²) in [6.07, 6.45) is 5.24. The Hall–Kier alpha value is -3.08. The molecule has 0 aromatic carbocycles. The zero-order valence-corrected chi connectivity index (χ0v) is 17.2. The van der Waals surface area contributed by atoms with Gasteiger partial charge in [0.05, 0.1) is 38.1 Å². The second-order valence-corrected chi connectivity index (χ2v) is 7.51. The van der Waals surface area contributed by atoms with Gasteiger partial charge in [0.25, 0.3) is 5.91 Å². The maximum Gasteiger partial charge on any atom is 0.317 e. The minimum Gasteiger partial charge on any atom is -0.365 e. The molecule has 0 bridgehead atoms. The molecule has 2 aliphatic heterocycles. The van der Waals surface area contributed by atoms with Crippen LogP contribution in [-0.2, 0) is 24.4 Å². The van der Waals surface area contributed by atoms with Crippen LogP contribution in [0.1, 0.15) is 42.1 Å². The third-order valence-corrected chi connectivity index (χ3v) is 5.71. The van der Waals surface area contributed by atoms with Crippen LogP contribution in [0.25, 0.3) is 0 Å². The van der Waals surface area contributed by atoms with Gasteiger partial charge in [-0.2, -0.15) is 0 Å². The summed E-state index contributed by atoms with van der Waals surface area (Å²) in [5.41, 5.74) is 1.41. The Morgan fingerprint density at radius 1 is 1.27 bits per heavy atom. The molecule has 160 valence electrons. The number of amides is 3. The highest BCUT2D eigenvalue weighted by Gasteiger charge is 2.45. The lowest BCUT2D eigenvalue weighted by molar-refractivity contribution is -0.0828. The molecule has 4 heterocycles. The third-order valence-electron chi connectivity index (χ3n) is 5.71. The molecule has 1 fully saturated rings. The van der Waals surface area contributed by atoms with Gasteiger partial charge in [-0.15, -0.1) is 5.10 Å². The van der Waals surface area contributed by atoms with E-state index >= 15 is 0 Å². The van der Waals surface area contributed by atoms with Crippen molar-refractivity contribution in [1.29, 1.82) is 0 Å². The Morgan fingerprint density at radius 2 is 2.10 bits per heavy atom. The van der Waals surface area contributed by atoms with E-state index in [2.05, 4.69) is 25.6 Å². The highest BCUT2D eigenvalue weighted by Crippen LogP contribution is 2.33. The van der Waals surface area contributed by atoms with Crippen molar-refractivity contribution in [3.63, 3.8) is 0 Å². The summed E-state index contributed by atoms with van der Waals surface area (Å²) in [5, 5.41) is 11.4. The molecule has 0 aliphatic carbocycles. The third kappa shape index (κ3) is 3.84. The molecule has 2 aromatic rings. The van der Waals surface area contributed by atoms with Gasteiger partial charge in [-0.1, -0.05) is 5.21 Å². The molecule has 0 radical (unpaired) electrons. The molecule has 0 saturated carbocycles. The van der Waals surface area contributed by atoms with Gasteiger partial charge < -0.3 is 19.9 Å². The van der Waals surface area contributed by atoms with Gasteiger partial charge in [0.15, 0.2) is 0 Å². The summed E-state index contributed by atoms with van der Waals surface area (Å²) < 4.78 is 8.04. The molecule has 3 amide bonds. The van der Waals surface area contributed by atoms with Crippen molar-refractivity contribution >= 4 is 11.9 Å². The molecule has 11 heteroatoms. The average molecular weight is 414 g/mol. The van der Waals surface area contributed by atoms with Crippen molar-refractivity contribution in [3.05, 3.63) is 35.7 Å². The van der Waals surface area contributed by atoms with Crippen LogP contribution in [0.4, 0.5) is 4.79 Å². The summed E-state index contributed by atoms with van der Waals surface area (Å²) in [6.45, 7) is 7.40. The summed E-state index contributed by atoms with van der Waals surface area (Å²) in [4.78, 5) is 36.4. The maximum atomic E-state index is 12.7. The summed E-state index contributed by atoms with van der Waals surface area (Å²) in [5.74, 6) is -0.146. The number of rotatable bonds is 5. The maximum absolute atomic E-state index is 12.7. The zero-order valence-electron chi connectivity index (χ0n) is 17.2. The number of nitrogens with zero attached hydrogens (tertiary/aromatic N) is 7. The molecular formula is C19H26N8O3. The van der Waals surface area contributed by atoms with E-state index in [1.165, 1.54) is 12.4 Å². The van der Waals surface area contributed by atoms with Gasteiger partial charge in [-0.05, 0) is 20.3 Å². The van der Waals surface area contributed by atoms with Crippen LogP contribution in [-0.4, -0.2) is 78.5 Å². The second-order valence-electron chi connectivity index (χ2n) is 7.51. The lowest BCUT2D eigenvalue weighted by Crippen LogP contribution is -2.45. The summed E-state index contributed by atoms with van der Waals surface area (Å²) in [7, 11) is 0. The number of fused-ring (bicyclic) bond motifs is 1. The fraction of sp³-hybridized carbons (Fsp3) is 0.579.